The van der Waals surface area contributed by atoms with Crippen molar-refractivity contribution < 1.29 is 9.59 Å². The van der Waals surface area contributed by atoms with Crippen LogP contribution < -0.4 is 16.0 Å². The van der Waals surface area contributed by atoms with Gasteiger partial charge in [0.2, 0.25) is 0 Å². The number of nitrogens with one attached hydrogen (secondary N) is 1. The van der Waals surface area contributed by atoms with Gasteiger partial charge in [0.25, 0.3) is 0 Å². The molecule has 10 heteroatoms. The molecular formula is C27H35N7O2S. The van der Waals surface area contributed by atoms with Crippen LogP contribution in [-0.4, -0.2) is 71.4 Å². The minimum atomic E-state index is -0.653. The van der Waals surface area contributed by atoms with Gasteiger partial charge >= 0.3 is 11.8 Å². The molecule has 2 atom stereocenters. The summed E-state index contributed by atoms with van der Waals surface area (Å²) in [6, 6.07) is 7.91. The van der Waals surface area contributed by atoms with Gasteiger partial charge in [0.15, 0.2) is 5.13 Å². The molecule has 9 nitrogen and oxygen atoms in total. The number of piperazine rings is 1. The molecule has 0 saturated carbocycles. The van der Waals surface area contributed by atoms with E-state index in [1.165, 1.54) is 6.20 Å². The number of anilines is 3. The van der Waals surface area contributed by atoms with Crippen LogP contribution in [0.1, 0.15) is 43.9 Å². The van der Waals surface area contributed by atoms with E-state index in [2.05, 4.69) is 52.3 Å². The number of carbonyl (C=O) groups excluding carboxylic acids is 2. The summed E-state index contributed by atoms with van der Waals surface area (Å²) < 4.78 is 1.14. The summed E-state index contributed by atoms with van der Waals surface area (Å²) in [7, 11) is 2.15. The molecule has 2 amide bonds. The smallest absolute Gasteiger partial charge is 0.313 e. The molecule has 2 fully saturated rings. The lowest BCUT2D eigenvalue weighted by molar-refractivity contribution is -0.146. The van der Waals surface area contributed by atoms with Gasteiger partial charge in [0.1, 0.15) is 5.82 Å². The van der Waals surface area contributed by atoms with Crippen LogP contribution in [0.15, 0.2) is 30.5 Å². The number of fused-ring (bicyclic) bond motifs is 1. The second kappa shape index (κ2) is 10.6. The second-order valence-corrected chi connectivity index (χ2v) is 11.3. The largest absolute Gasteiger partial charge is 0.383 e. The number of hydrogen-bond acceptors (Lipinski definition) is 8. The summed E-state index contributed by atoms with van der Waals surface area (Å²) in [4.78, 5) is 41.9. The van der Waals surface area contributed by atoms with E-state index in [-0.39, 0.29) is 6.04 Å². The molecule has 0 spiro atoms. The maximum Gasteiger partial charge on any atom is 0.313 e. The number of thiazole rings is 1. The fourth-order valence-corrected chi connectivity index (χ4v) is 6.18. The Kier molecular flexibility index (Phi) is 7.30. The first-order valence-corrected chi connectivity index (χ1v) is 13.8. The Morgan fingerprint density at radius 2 is 1.95 bits per heavy atom. The van der Waals surface area contributed by atoms with Crippen LogP contribution in [0.4, 0.5) is 16.6 Å². The van der Waals surface area contributed by atoms with Crippen LogP contribution >= 0.6 is 11.3 Å². The molecule has 37 heavy (non-hydrogen) atoms. The van der Waals surface area contributed by atoms with E-state index in [9.17, 15) is 9.59 Å². The highest BCUT2D eigenvalue weighted by atomic mass is 32.1. The van der Waals surface area contributed by atoms with Crippen molar-refractivity contribution in [2.24, 2.45) is 5.92 Å². The molecule has 2 saturated heterocycles. The predicted molar refractivity (Wildman–Crippen MR) is 149 cm³/mol. The fraction of sp³-hybridized carbons (Fsp3) is 0.481. The number of nitrogens with two attached hydrogens (primary N) is 1. The summed E-state index contributed by atoms with van der Waals surface area (Å²) in [5, 5.41) is 3.78. The number of nitrogen functional groups attached to an aromatic ring is 1. The lowest BCUT2D eigenvalue weighted by Gasteiger charge is -2.38. The molecule has 0 bridgehead atoms. The summed E-state index contributed by atoms with van der Waals surface area (Å²) in [5.41, 5.74) is 9.18. The Labute approximate surface area is 221 Å². The highest BCUT2D eigenvalue weighted by Crippen LogP contribution is 2.37. The molecule has 2 aromatic heterocycles. The topological polar surface area (TPSA) is 108 Å². The van der Waals surface area contributed by atoms with Gasteiger partial charge in [-0.3, -0.25) is 9.59 Å². The van der Waals surface area contributed by atoms with E-state index in [0.717, 1.165) is 65.5 Å². The van der Waals surface area contributed by atoms with E-state index >= 15 is 0 Å². The Bertz CT molecular complexity index is 1300. The van der Waals surface area contributed by atoms with Gasteiger partial charge in [-0.2, -0.15) is 0 Å². The van der Waals surface area contributed by atoms with Crippen LogP contribution in [0, 0.1) is 5.92 Å². The number of rotatable bonds is 4. The molecule has 0 aliphatic carbocycles. The monoisotopic (exact) mass is 521 g/mol. The summed E-state index contributed by atoms with van der Waals surface area (Å²) in [6.07, 6.45) is 3.99. The average Bonchev–Trinajstić information content (AvgIpc) is 3.33. The third kappa shape index (κ3) is 5.40. The number of likely N-dealkylation sites (tertiary alicyclic amines) is 1. The number of aromatic nitrogens is 2. The normalized spacial score (nSPS) is 20.8. The lowest BCUT2D eigenvalue weighted by Crippen LogP contribution is -2.46. The first kappa shape index (κ1) is 25.4. The number of likely N-dealkylation sites (N-methyl/N-ethyl adjacent to an activating group) is 1. The second-order valence-electron chi connectivity index (χ2n) is 10.2. The lowest BCUT2D eigenvalue weighted by atomic mass is 9.89. The van der Waals surface area contributed by atoms with E-state index in [0.29, 0.717) is 30.4 Å². The number of aryl methyl sites for hydroxylation is 1. The molecule has 5 rings (SSSR count). The van der Waals surface area contributed by atoms with Crippen molar-refractivity contribution in [3.8, 4) is 0 Å². The minimum Gasteiger partial charge on any atom is -0.383 e. The zero-order valence-electron chi connectivity index (χ0n) is 21.7. The van der Waals surface area contributed by atoms with Crippen molar-refractivity contribution >= 4 is 50.0 Å². The van der Waals surface area contributed by atoms with E-state index in [4.69, 9.17) is 10.7 Å². The summed E-state index contributed by atoms with van der Waals surface area (Å²) in [6.45, 7) is 8.65. The molecule has 1 aromatic carbocycles. The van der Waals surface area contributed by atoms with Crippen molar-refractivity contribution in [2.75, 3.05) is 55.7 Å². The van der Waals surface area contributed by atoms with Gasteiger partial charge in [0, 0.05) is 32.7 Å². The molecule has 2 aliphatic heterocycles. The fourth-order valence-electron chi connectivity index (χ4n) is 5.18. The number of benzene rings is 1. The quantitative estimate of drug-likeness (QED) is 0.506. The molecule has 196 valence electrons. The van der Waals surface area contributed by atoms with E-state index in [1.807, 2.05) is 6.92 Å². The zero-order chi connectivity index (χ0) is 26.1. The van der Waals surface area contributed by atoms with Gasteiger partial charge in [0.05, 0.1) is 28.1 Å². The Morgan fingerprint density at radius 3 is 2.70 bits per heavy atom. The Balaban J connectivity index is 1.36. The van der Waals surface area contributed by atoms with Crippen LogP contribution in [0.2, 0.25) is 0 Å². The van der Waals surface area contributed by atoms with Gasteiger partial charge in [-0.15, -0.1) is 0 Å². The number of pyridine rings is 1. The third-order valence-corrected chi connectivity index (χ3v) is 8.57. The van der Waals surface area contributed by atoms with Gasteiger partial charge in [-0.05, 0) is 61.6 Å². The van der Waals surface area contributed by atoms with Crippen LogP contribution in [0.25, 0.3) is 10.2 Å². The van der Waals surface area contributed by atoms with Gasteiger partial charge in [-0.1, -0.05) is 31.3 Å². The molecule has 3 N–H and O–H groups in total. The van der Waals surface area contributed by atoms with Crippen molar-refractivity contribution in [3.05, 3.63) is 41.6 Å². The maximum atomic E-state index is 13.4. The molecule has 4 heterocycles. The Morgan fingerprint density at radius 1 is 1.16 bits per heavy atom. The molecule has 3 aromatic rings. The highest BCUT2D eigenvalue weighted by Gasteiger charge is 2.34. The summed E-state index contributed by atoms with van der Waals surface area (Å²) >= 11 is 1.71. The van der Waals surface area contributed by atoms with Crippen molar-refractivity contribution in [1.82, 2.24) is 19.8 Å². The van der Waals surface area contributed by atoms with Crippen molar-refractivity contribution in [3.63, 3.8) is 0 Å². The molecule has 1 unspecified atom stereocenters. The van der Waals surface area contributed by atoms with E-state index < -0.39 is 11.8 Å². The standard InChI is InChI=1S/C27H35N7O2S/c1-4-18-13-20(15-29-24(18)28)30-25(35)26(36)34-16-17(2)5-7-22(34)19-6-8-23-21(14-19)31-27(37-23)33-11-9-32(3)10-12-33/h6,8,13-15,17,22H,4-5,7,9-12,16H2,1-3H3,(H2,28,29)(H,30,35)/t17-,22?/m0/s1. The highest BCUT2D eigenvalue weighted by molar-refractivity contribution is 7.22. The molecule has 2 aliphatic rings. The van der Waals surface area contributed by atoms with Gasteiger partial charge < -0.3 is 25.8 Å². The minimum absolute atomic E-state index is 0.164. The van der Waals surface area contributed by atoms with E-state index in [1.54, 1.807) is 22.3 Å². The average molecular weight is 522 g/mol. The van der Waals surface area contributed by atoms with Crippen molar-refractivity contribution in [2.45, 2.75) is 39.2 Å². The summed E-state index contributed by atoms with van der Waals surface area (Å²) in [5.74, 6) is -0.419. The first-order chi connectivity index (χ1) is 17.8. The number of piperidine rings is 1. The molecule has 0 radical (unpaired) electrons. The predicted octanol–water partition coefficient (Wildman–Crippen LogP) is 3.53. The number of nitrogens with zero attached hydrogens (tertiary/aromatic N) is 5. The van der Waals surface area contributed by atoms with Crippen LogP contribution in [-0.2, 0) is 16.0 Å². The first-order valence-electron chi connectivity index (χ1n) is 13.0. The molecular weight excluding hydrogens is 486 g/mol. The number of carbonyl (C=O) groups is 2. The number of amides is 2. The zero-order valence-corrected chi connectivity index (χ0v) is 22.6. The van der Waals surface area contributed by atoms with Gasteiger partial charge in [-0.25, -0.2) is 9.97 Å². The SMILES string of the molecule is CCc1cc(NC(=O)C(=O)N2C[C@@H](C)CCC2c2ccc3sc(N4CCN(C)CC4)nc3c2)cnc1N. The number of hydrogen-bond donors (Lipinski definition) is 2. The van der Waals surface area contributed by atoms with Crippen LogP contribution in [0.5, 0.6) is 0 Å². The third-order valence-electron chi connectivity index (χ3n) is 7.47. The van der Waals surface area contributed by atoms with Crippen LogP contribution in [0.3, 0.4) is 0 Å². The maximum absolute atomic E-state index is 13.4. The van der Waals surface area contributed by atoms with Crippen molar-refractivity contribution in [1.29, 1.82) is 0 Å². The Hall–Kier alpha value is -3.24.